The van der Waals surface area contributed by atoms with E-state index in [0.717, 1.165) is 38.5 Å². The molecule has 0 amide bonds. The van der Waals surface area contributed by atoms with Crippen LogP contribution in [0.25, 0.3) is 0 Å². The first-order valence-electron chi connectivity index (χ1n) is 10.0. The van der Waals surface area contributed by atoms with E-state index in [4.69, 9.17) is 0 Å². The Bertz CT molecular complexity index is 588. The summed E-state index contributed by atoms with van der Waals surface area (Å²) in [6.07, 6.45) is 9.49. The summed E-state index contributed by atoms with van der Waals surface area (Å²) in [6, 6.07) is 0. The molecule has 4 aliphatic rings. The molecular weight excluding hydrogens is 319 g/mol. The molecule has 7 unspecified atom stereocenters. The molecule has 3 saturated carbocycles. The summed E-state index contributed by atoms with van der Waals surface area (Å²) in [6.45, 7) is 1.31. The maximum atomic E-state index is 13.2. The van der Waals surface area contributed by atoms with Crippen molar-refractivity contribution in [2.45, 2.75) is 63.9 Å². The van der Waals surface area contributed by atoms with E-state index in [1.54, 1.807) is 0 Å². The smallest absolute Gasteiger partial charge is 0.161 e. The van der Waals surface area contributed by atoms with Gasteiger partial charge < -0.3 is 10.2 Å². The van der Waals surface area contributed by atoms with E-state index in [1.807, 2.05) is 0 Å². The Labute approximate surface area is 149 Å². The van der Waals surface area contributed by atoms with Crippen LogP contribution >= 0.6 is 0 Å². The summed E-state index contributed by atoms with van der Waals surface area (Å²) in [5.41, 5.74) is 0.197. The van der Waals surface area contributed by atoms with Crippen LogP contribution in [-0.2, 0) is 4.79 Å². The number of alkyl halides is 1. The Kier molecular flexibility index (Phi) is 4.35. The van der Waals surface area contributed by atoms with Crippen LogP contribution < -0.4 is 0 Å². The second-order valence-corrected chi connectivity index (χ2v) is 9.43. The Balaban J connectivity index is 1.57. The van der Waals surface area contributed by atoms with Crippen molar-refractivity contribution in [3.63, 3.8) is 0 Å². The highest BCUT2D eigenvalue weighted by molar-refractivity contribution is 5.83. The average molecular weight is 350 g/mol. The molecule has 3 fully saturated rings. The lowest BCUT2D eigenvalue weighted by atomic mass is 9.51. The van der Waals surface area contributed by atoms with Gasteiger partial charge in [0.1, 0.15) is 13.3 Å². The molecule has 0 spiro atoms. The van der Waals surface area contributed by atoms with Crippen LogP contribution in [0.1, 0.15) is 58.3 Å². The SMILES string of the molecule is CC12CCC3C4CCC(O)(CF)CC4=CCC3C1CCC2C(=O)CO. The molecule has 0 aromatic carbocycles. The van der Waals surface area contributed by atoms with Gasteiger partial charge in [-0.15, -0.1) is 0 Å². The molecule has 4 heteroatoms. The number of aliphatic hydroxyl groups excluding tert-OH is 1. The van der Waals surface area contributed by atoms with Crippen molar-refractivity contribution in [3.8, 4) is 0 Å². The Hall–Kier alpha value is -0.740. The predicted octanol–water partition coefficient (Wildman–Crippen LogP) is 3.44. The number of carbonyl (C=O) groups is 1. The third-order valence-corrected chi connectivity index (χ3v) is 8.38. The molecule has 0 aromatic heterocycles. The highest BCUT2D eigenvalue weighted by atomic mass is 19.1. The zero-order chi connectivity index (χ0) is 17.8. The normalized spacial score (nSPS) is 49.0. The van der Waals surface area contributed by atoms with Crippen molar-refractivity contribution in [1.82, 2.24) is 0 Å². The number of ketones is 1. The van der Waals surface area contributed by atoms with E-state index in [1.165, 1.54) is 5.57 Å². The minimum Gasteiger partial charge on any atom is -0.389 e. The molecular formula is C21H31FO3. The van der Waals surface area contributed by atoms with Gasteiger partial charge in [0, 0.05) is 5.92 Å². The molecule has 0 bridgehead atoms. The van der Waals surface area contributed by atoms with E-state index in [2.05, 4.69) is 13.0 Å². The number of fused-ring (bicyclic) bond motifs is 5. The summed E-state index contributed by atoms with van der Waals surface area (Å²) in [5.74, 6) is 2.36. The second-order valence-electron chi connectivity index (χ2n) is 9.43. The standard InChI is InChI=1S/C21H31FO3/c1-20-8-6-15-14-7-9-21(25,12-22)10-13(14)2-3-16(15)17(20)4-5-18(20)19(24)11-23/h2,14-18,23,25H,3-12H2,1H3. The van der Waals surface area contributed by atoms with Gasteiger partial charge in [0.25, 0.3) is 0 Å². The van der Waals surface area contributed by atoms with Crippen LogP contribution in [0.4, 0.5) is 4.39 Å². The van der Waals surface area contributed by atoms with Crippen LogP contribution in [0.5, 0.6) is 0 Å². The lowest BCUT2D eigenvalue weighted by Crippen LogP contribution is -2.49. The number of Topliss-reactive ketones (excluding diaryl/α,β-unsaturated/α-hetero) is 1. The lowest BCUT2D eigenvalue weighted by Gasteiger charge is -2.54. The molecule has 140 valence electrons. The van der Waals surface area contributed by atoms with E-state index in [9.17, 15) is 19.4 Å². The molecule has 7 atom stereocenters. The van der Waals surface area contributed by atoms with Crippen molar-refractivity contribution in [3.05, 3.63) is 11.6 Å². The molecule has 4 rings (SSSR count). The summed E-state index contributed by atoms with van der Waals surface area (Å²) in [7, 11) is 0. The molecule has 0 aliphatic heterocycles. The highest BCUT2D eigenvalue weighted by Gasteiger charge is 2.57. The average Bonchev–Trinajstić information content (AvgIpc) is 2.98. The summed E-state index contributed by atoms with van der Waals surface area (Å²) in [4.78, 5) is 12.2. The summed E-state index contributed by atoms with van der Waals surface area (Å²) in [5, 5.41) is 19.7. The van der Waals surface area contributed by atoms with Gasteiger partial charge in [-0.1, -0.05) is 18.6 Å². The molecule has 0 saturated heterocycles. The van der Waals surface area contributed by atoms with Crippen LogP contribution in [0, 0.1) is 35.0 Å². The first kappa shape index (κ1) is 17.7. The maximum absolute atomic E-state index is 13.2. The Morgan fingerprint density at radius 1 is 1.24 bits per heavy atom. The molecule has 0 heterocycles. The first-order chi connectivity index (χ1) is 11.9. The van der Waals surface area contributed by atoms with Crippen LogP contribution in [0.15, 0.2) is 11.6 Å². The monoisotopic (exact) mass is 350 g/mol. The Morgan fingerprint density at radius 3 is 2.76 bits per heavy atom. The fraction of sp³-hybridized carbons (Fsp3) is 0.857. The minimum absolute atomic E-state index is 0.0248. The van der Waals surface area contributed by atoms with Crippen molar-refractivity contribution < 1.29 is 19.4 Å². The molecule has 2 N–H and O–H groups in total. The zero-order valence-electron chi connectivity index (χ0n) is 15.2. The first-order valence-corrected chi connectivity index (χ1v) is 10.0. The van der Waals surface area contributed by atoms with E-state index in [-0.39, 0.29) is 23.7 Å². The number of aliphatic hydroxyl groups is 2. The number of carbonyl (C=O) groups excluding carboxylic acids is 1. The van der Waals surface area contributed by atoms with Crippen molar-refractivity contribution >= 4 is 5.78 Å². The van der Waals surface area contributed by atoms with Crippen molar-refractivity contribution in [2.24, 2.45) is 35.0 Å². The lowest BCUT2D eigenvalue weighted by molar-refractivity contribution is -0.131. The molecule has 3 nitrogen and oxygen atoms in total. The molecule has 25 heavy (non-hydrogen) atoms. The van der Waals surface area contributed by atoms with Gasteiger partial charge in [-0.05, 0) is 80.5 Å². The van der Waals surface area contributed by atoms with E-state index in [0.29, 0.717) is 36.5 Å². The van der Waals surface area contributed by atoms with Crippen LogP contribution in [-0.4, -0.2) is 34.9 Å². The fourth-order valence-electron chi connectivity index (χ4n) is 7.12. The molecule has 0 aromatic rings. The quantitative estimate of drug-likeness (QED) is 0.767. The van der Waals surface area contributed by atoms with E-state index < -0.39 is 12.3 Å². The van der Waals surface area contributed by atoms with Gasteiger partial charge >= 0.3 is 0 Å². The largest absolute Gasteiger partial charge is 0.389 e. The van der Waals surface area contributed by atoms with Gasteiger partial charge in [0.15, 0.2) is 5.78 Å². The Morgan fingerprint density at radius 2 is 2.04 bits per heavy atom. The summed E-state index contributed by atoms with van der Waals surface area (Å²) >= 11 is 0. The van der Waals surface area contributed by atoms with Crippen LogP contribution in [0.3, 0.4) is 0 Å². The minimum atomic E-state index is -1.13. The zero-order valence-corrected chi connectivity index (χ0v) is 15.2. The third-order valence-electron chi connectivity index (χ3n) is 8.38. The third kappa shape index (κ3) is 2.63. The van der Waals surface area contributed by atoms with Gasteiger partial charge in [0.05, 0.1) is 5.60 Å². The highest BCUT2D eigenvalue weighted by Crippen LogP contribution is 2.63. The topological polar surface area (TPSA) is 57.5 Å². The fourth-order valence-corrected chi connectivity index (χ4v) is 7.12. The van der Waals surface area contributed by atoms with Crippen molar-refractivity contribution in [1.29, 1.82) is 0 Å². The van der Waals surface area contributed by atoms with Gasteiger partial charge in [-0.2, -0.15) is 0 Å². The van der Waals surface area contributed by atoms with Gasteiger partial charge in [0.2, 0.25) is 0 Å². The second kappa shape index (κ2) is 6.16. The predicted molar refractivity (Wildman–Crippen MR) is 93.6 cm³/mol. The molecule has 4 aliphatic carbocycles. The molecule has 0 radical (unpaired) electrons. The van der Waals surface area contributed by atoms with Gasteiger partial charge in [-0.25, -0.2) is 4.39 Å². The number of rotatable bonds is 3. The number of halogens is 1. The van der Waals surface area contributed by atoms with Crippen LogP contribution in [0.2, 0.25) is 0 Å². The van der Waals surface area contributed by atoms with Gasteiger partial charge in [-0.3, -0.25) is 4.79 Å². The maximum Gasteiger partial charge on any atom is 0.161 e. The number of allylic oxidation sites excluding steroid dienone is 1. The summed E-state index contributed by atoms with van der Waals surface area (Å²) < 4.78 is 13.2. The van der Waals surface area contributed by atoms with Crippen molar-refractivity contribution in [2.75, 3.05) is 13.3 Å². The number of hydrogen-bond donors (Lipinski definition) is 2. The number of hydrogen-bond acceptors (Lipinski definition) is 3. The van der Waals surface area contributed by atoms with E-state index >= 15 is 0 Å².